The number of aliphatic hydroxyl groups excluding tert-OH is 1. The molecular weight excluding hydrogens is 430 g/mol. The quantitative estimate of drug-likeness (QED) is 0.434. The first-order valence-corrected chi connectivity index (χ1v) is 11.4. The van der Waals surface area contributed by atoms with Gasteiger partial charge in [-0.05, 0) is 48.2 Å². The lowest BCUT2D eigenvalue weighted by Gasteiger charge is -2.30. The number of nitrogens with zero attached hydrogens (tertiary/aromatic N) is 5. The van der Waals surface area contributed by atoms with E-state index in [2.05, 4.69) is 30.5 Å². The summed E-state index contributed by atoms with van der Waals surface area (Å²) in [5.41, 5.74) is 5.08. The number of nitrogens with one attached hydrogen (secondary N) is 2. The van der Waals surface area contributed by atoms with Gasteiger partial charge in [0.2, 0.25) is 0 Å². The Hall–Kier alpha value is -3.98. The summed E-state index contributed by atoms with van der Waals surface area (Å²) in [6.07, 6.45) is 8.64. The molecule has 0 aromatic carbocycles. The molecule has 4 aromatic heterocycles. The zero-order valence-electron chi connectivity index (χ0n) is 18.8. The molecule has 0 aliphatic carbocycles. The number of rotatable bonds is 4. The van der Waals surface area contributed by atoms with E-state index in [4.69, 9.17) is 0 Å². The van der Waals surface area contributed by atoms with E-state index in [-0.39, 0.29) is 12.0 Å². The highest BCUT2D eigenvalue weighted by Gasteiger charge is 2.28. The van der Waals surface area contributed by atoms with E-state index in [9.17, 15) is 9.90 Å². The van der Waals surface area contributed by atoms with Crippen molar-refractivity contribution in [3.8, 4) is 11.1 Å². The van der Waals surface area contributed by atoms with Crippen molar-refractivity contribution >= 4 is 34.3 Å². The summed E-state index contributed by atoms with van der Waals surface area (Å²) in [5, 5.41) is 17.0. The van der Waals surface area contributed by atoms with Crippen LogP contribution in [0, 0.1) is 0 Å². The molecule has 0 saturated carbocycles. The van der Waals surface area contributed by atoms with Gasteiger partial charge in [0.15, 0.2) is 0 Å². The van der Waals surface area contributed by atoms with Crippen molar-refractivity contribution in [3.63, 3.8) is 0 Å². The van der Waals surface area contributed by atoms with Crippen molar-refractivity contribution in [2.75, 3.05) is 23.3 Å². The third kappa shape index (κ3) is 3.45. The molecular formula is C25H25N7O2. The van der Waals surface area contributed by atoms with Crippen LogP contribution in [0.5, 0.6) is 0 Å². The minimum Gasteiger partial charge on any atom is -0.393 e. The van der Waals surface area contributed by atoms with Gasteiger partial charge >= 0.3 is 0 Å². The monoisotopic (exact) mass is 455 g/mol. The molecule has 172 valence electrons. The number of fused-ring (bicyclic) bond motifs is 2. The lowest BCUT2D eigenvalue weighted by molar-refractivity contribution is 0.0966. The van der Waals surface area contributed by atoms with Gasteiger partial charge < -0.3 is 25.2 Å². The number of aryl methyl sites for hydroxylation is 1. The molecule has 6 heterocycles. The Labute approximate surface area is 196 Å². The Morgan fingerprint density at radius 3 is 2.71 bits per heavy atom. The minimum absolute atomic E-state index is 0.137. The van der Waals surface area contributed by atoms with Crippen molar-refractivity contribution in [2.24, 2.45) is 7.05 Å². The maximum atomic E-state index is 12.8. The number of piperidine rings is 1. The zero-order valence-corrected chi connectivity index (χ0v) is 18.8. The van der Waals surface area contributed by atoms with Gasteiger partial charge in [-0.2, -0.15) is 0 Å². The number of hydrogen-bond acceptors (Lipinski definition) is 7. The van der Waals surface area contributed by atoms with Gasteiger partial charge in [-0.15, -0.1) is 0 Å². The van der Waals surface area contributed by atoms with Crippen LogP contribution >= 0.6 is 0 Å². The number of carbonyl (C=O) groups excluding carboxylic acids is 1. The zero-order chi connectivity index (χ0) is 23.2. The third-order valence-electron chi connectivity index (χ3n) is 6.70. The van der Waals surface area contributed by atoms with Gasteiger partial charge in [0.1, 0.15) is 17.3 Å². The number of anilines is 3. The summed E-state index contributed by atoms with van der Waals surface area (Å²) >= 11 is 0. The Bertz CT molecular complexity index is 1390. The second-order valence-electron chi connectivity index (χ2n) is 8.83. The van der Waals surface area contributed by atoms with Gasteiger partial charge in [0.05, 0.1) is 23.6 Å². The number of aromatic nitrogens is 4. The summed E-state index contributed by atoms with van der Waals surface area (Å²) < 4.78 is 1.98. The smallest absolute Gasteiger partial charge is 0.255 e. The summed E-state index contributed by atoms with van der Waals surface area (Å²) in [7, 11) is 1.97. The molecule has 4 aromatic rings. The van der Waals surface area contributed by atoms with Gasteiger partial charge in [-0.1, -0.05) is 0 Å². The van der Waals surface area contributed by atoms with Crippen molar-refractivity contribution in [2.45, 2.75) is 25.5 Å². The average Bonchev–Trinajstić information content (AvgIpc) is 3.44. The lowest BCUT2D eigenvalue weighted by Crippen LogP contribution is -2.36. The Kier molecular flexibility index (Phi) is 4.91. The van der Waals surface area contributed by atoms with Crippen LogP contribution in [0.2, 0.25) is 0 Å². The summed E-state index contributed by atoms with van der Waals surface area (Å²) in [6, 6.07) is 7.91. The lowest BCUT2D eigenvalue weighted by atomic mass is 9.97. The van der Waals surface area contributed by atoms with E-state index >= 15 is 0 Å². The first-order valence-electron chi connectivity index (χ1n) is 11.4. The van der Waals surface area contributed by atoms with Crippen molar-refractivity contribution in [1.29, 1.82) is 0 Å². The molecule has 3 N–H and O–H groups in total. The molecule has 0 bridgehead atoms. The van der Waals surface area contributed by atoms with Crippen LogP contribution in [0.15, 0.2) is 49.1 Å². The topological polar surface area (TPSA) is 108 Å². The van der Waals surface area contributed by atoms with E-state index in [0.717, 1.165) is 65.2 Å². The molecule has 2 aliphatic rings. The highest BCUT2D eigenvalue weighted by Crippen LogP contribution is 2.36. The van der Waals surface area contributed by atoms with Crippen LogP contribution in [0.4, 0.5) is 17.3 Å². The standard InChI is InChI=1S/C25H25N7O2/c1-31-9-7-18-17(4-8-26-24(18)31)19-13-28-23(22-20(19)14-29-25(22)34)30-15-2-3-21(27-12-15)32-10-5-16(33)6-11-32/h2-4,7-9,12-13,16,33H,5-6,10-11,14H2,1H3,(H,28,30)(H,29,34). The number of aliphatic hydroxyl groups is 1. The predicted octanol–water partition coefficient (Wildman–Crippen LogP) is 2.98. The normalized spacial score (nSPS) is 16.1. The molecule has 0 unspecified atom stereocenters. The molecule has 1 saturated heterocycles. The maximum Gasteiger partial charge on any atom is 0.255 e. The number of hydrogen-bond donors (Lipinski definition) is 3. The summed E-state index contributed by atoms with van der Waals surface area (Å²) in [4.78, 5) is 28.6. The molecule has 1 amide bonds. The minimum atomic E-state index is -0.218. The summed E-state index contributed by atoms with van der Waals surface area (Å²) in [6.45, 7) is 2.04. The van der Waals surface area contributed by atoms with E-state index in [1.54, 1.807) is 12.4 Å². The number of amides is 1. The Morgan fingerprint density at radius 2 is 1.91 bits per heavy atom. The van der Waals surface area contributed by atoms with Crippen molar-refractivity contribution < 1.29 is 9.90 Å². The fourth-order valence-electron chi connectivity index (χ4n) is 4.84. The second-order valence-corrected chi connectivity index (χ2v) is 8.83. The van der Waals surface area contributed by atoms with Crippen molar-refractivity contribution in [1.82, 2.24) is 24.8 Å². The van der Waals surface area contributed by atoms with Gasteiger partial charge in [0.25, 0.3) is 5.91 Å². The molecule has 0 radical (unpaired) electrons. The molecule has 6 rings (SSSR count). The van der Waals surface area contributed by atoms with Crippen LogP contribution in [-0.4, -0.2) is 49.7 Å². The summed E-state index contributed by atoms with van der Waals surface area (Å²) in [5.74, 6) is 1.26. The largest absolute Gasteiger partial charge is 0.393 e. The second kappa shape index (κ2) is 8.11. The number of carbonyl (C=O) groups is 1. The third-order valence-corrected chi connectivity index (χ3v) is 6.70. The average molecular weight is 456 g/mol. The molecule has 34 heavy (non-hydrogen) atoms. The SMILES string of the molecule is Cn1ccc2c(-c3cnc(Nc4ccc(N5CCC(O)CC5)nc4)c4c3CNC4=O)ccnc21. The van der Waals surface area contributed by atoms with E-state index < -0.39 is 0 Å². The molecule has 2 aliphatic heterocycles. The van der Waals surface area contributed by atoms with Gasteiger partial charge in [-0.25, -0.2) is 15.0 Å². The van der Waals surface area contributed by atoms with Gasteiger partial charge in [-0.3, -0.25) is 4.79 Å². The highest BCUT2D eigenvalue weighted by molar-refractivity contribution is 6.06. The van der Waals surface area contributed by atoms with Crippen LogP contribution in [0.3, 0.4) is 0 Å². The first-order chi connectivity index (χ1) is 16.6. The van der Waals surface area contributed by atoms with Crippen molar-refractivity contribution in [3.05, 3.63) is 60.2 Å². The molecule has 1 fully saturated rings. The highest BCUT2D eigenvalue weighted by atomic mass is 16.3. The molecule has 9 nitrogen and oxygen atoms in total. The predicted molar refractivity (Wildman–Crippen MR) is 130 cm³/mol. The van der Waals surface area contributed by atoms with E-state index in [1.165, 1.54) is 0 Å². The van der Waals surface area contributed by atoms with E-state index in [0.29, 0.717) is 17.9 Å². The Morgan fingerprint density at radius 1 is 1.06 bits per heavy atom. The first kappa shape index (κ1) is 20.6. The van der Waals surface area contributed by atoms with Crippen LogP contribution in [-0.2, 0) is 13.6 Å². The van der Waals surface area contributed by atoms with Crippen LogP contribution < -0.4 is 15.5 Å². The van der Waals surface area contributed by atoms with E-state index in [1.807, 2.05) is 48.3 Å². The van der Waals surface area contributed by atoms with Crippen LogP contribution in [0.1, 0.15) is 28.8 Å². The number of pyridine rings is 3. The molecule has 9 heteroatoms. The fourth-order valence-corrected chi connectivity index (χ4v) is 4.84. The fraction of sp³-hybridized carbons (Fsp3) is 0.280. The maximum absolute atomic E-state index is 12.8. The molecule has 0 atom stereocenters. The molecule has 0 spiro atoms. The van der Waals surface area contributed by atoms with Gasteiger partial charge in [0, 0.05) is 56.2 Å². The van der Waals surface area contributed by atoms with Crippen LogP contribution in [0.25, 0.3) is 22.2 Å². The Balaban J connectivity index is 1.32.